The van der Waals surface area contributed by atoms with Crippen LogP contribution >= 0.6 is 38.9 Å². The van der Waals surface area contributed by atoms with E-state index < -0.39 is 0 Å². The average molecular weight is 466 g/mol. The highest BCUT2D eigenvalue weighted by molar-refractivity contribution is 9.10. The number of nitrogens with one attached hydrogen (secondary N) is 1. The second-order valence-electron chi connectivity index (χ2n) is 6.19. The topological polar surface area (TPSA) is 51.2 Å². The third-order valence-corrected chi connectivity index (χ3v) is 5.43. The molecule has 0 saturated carbocycles. The highest BCUT2D eigenvalue weighted by Gasteiger charge is 2.13. The summed E-state index contributed by atoms with van der Waals surface area (Å²) in [4.78, 5) is 16.7. The van der Waals surface area contributed by atoms with Gasteiger partial charge in [0.25, 0.3) is 5.91 Å². The quantitative estimate of drug-likeness (QED) is 0.460. The molecule has 3 rings (SSSR count). The Balaban J connectivity index is 1.63. The molecule has 0 bridgehead atoms. The van der Waals surface area contributed by atoms with Gasteiger partial charge in [-0.3, -0.25) is 10.1 Å². The molecule has 2 aromatic carbocycles. The Labute approximate surface area is 175 Å². The standard InChI is InChI=1S/C20H18BrClN2O2S/c1-12(2)15-9-13(21)7-8-18(15)26-10-19(25)24-20-23-17(11-27-20)14-5-3-4-6-16(14)22/h3-9,11-12H,10H2,1-2H3,(H,23,24,25). The number of aromatic nitrogens is 1. The van der Waals surface area contributed by atoms with Crippen LogP contribution in [-0.4, -0.2) is 17.5 Å². The summed E-state index contributed by atoms with van der Waals surface area (Å²) >= 11 is 11.0. The molecular weight excluding hydrogens is 448 g/mol. The Morgan fingerprint density at radius 3 is 2.81 bits per heavy atom. The Morgan fingerprint density at radius 1 is 1.30 bits per heavy atom. The molecule has 7 heteroatoms. The fourth-order valence-electron chi connectivity index (χ4n) is 2.52. The predicted octanol–water partition coefficient (Wildman–Crippen LogP) is 6.37. The van der Waals surface area contributed by atoms with Crippen molar-refractivity contribution in [2.75, 3.05) is 11.9 Å². The minimum atomic E-state index is -0.257. The van der Waals surface area contributed by atoms with Gasteiger partial charge in [-0.25, -0.2) is 4.98 Å². The molecule has 0 saturated heterocycles. The van der Waals surface area contributed by atoms with E-state index in [4.69, 9.17) is 16.3 Å². The van der Waals surface area contributed by atoms with Gasteiger partial charge in [0.05, 0.1) is 5.69 Å². The van der Waals surface area contributed by atoms with Crippen molar-refractivity contribution < 1.29 is 9.53 Å². The van der Waals surface area contributed by atoms with Crippen molar-refractivity contribution in [2.45, 2.75) is 19.8 Å². The molecule has 1 N–H and O–H groups in total. The molecule has 0 aliphatic heterocycles. The number of hydrogen-bond donors (Lipinski definition) is 1. The summed E-state index contributed by atoms with van der Waals surface area (Å²) < 4.78 is 6.71. The zero-order chi connectivity index (χ0) is 19.4. The fraction of sp³-hybridized carbons (Fsp3) is 0.200. The summed E-state index contributed by atoms with van der Waals surface area (Å²) in [6.45, 7) is 4.09. The largest absolute Gasteiger partial charge is 0.483 e. The lowest BCUT2D eigenvalue weighted by molar-refractivity contribution is -0.118. The molecule has 140 valence electrons. The first-order valence-electron chi connectivity index (χ1n) is 8.36. The fourth-order valence-corrected chi connectivity index (χ4v) is 3.86. The van der Waals surface area contributed by atoms with Gasteiger partial charge in [-0.2, -0.15) is 0 Å². The minimum absolute atomic E-state index is 0.0810. The molecule has 1 heterocycles. The number of rotatable bonds is 6. The van der Waals surface area contributed by atoms with Crippen LogP contribution in [0.5, 0.6) is 5.75 Å². The maximum atomic E-state index is 12.2. The first-order valence-corrected chi connectivity index (χ1v) is 10.4. The lowest BCUT2D eigenvalue weighted by atomic mass is 10.0. The van der Waals surface area contributed by atoms with E-state index in [2.05, 4.69) is 40.1 Å². The van der Waals surface area contributed by atoms with Crippen LogP contribution in [0.2, 0.25) is 5.02 Å². The number of benzene rings is 2. The second-order valence-corrected chi connectivity index (χ2v) is 8.37. The van der Waals surface area contributed by atoms with E-state index in [-0.39, 0.29) is 18.4 Å². The van der Waals surface area contributed by atoms with E-state index in [1.807, 2.05) is 47.8 Å². The molecule has 1 amide bonds. The maximum absolute atomic E-state index is 12.2. The molecule has 0 atom stereocenters. The van der Waals surface area contributed by atoms with Gasteiger partial charge in [0.2, 0.25) is 0 Å². The number of thiazole rings is 1. The molecule has 1 aromatic heterocycles. The van der Waals surface area contributed by atoms with Crippen LogP contribution in [0, 0.1) is 0 Å². The van der Waals surface area contributed by atoms with E-state index >= 15 is 0 Å². The zero-order valence-corrected chi connectivity index (χ0v) is 18.0. The number of carbonyl (C=O) groups excluding carboxylic acids is 1. The number of halogens is 2. The highest BCUT2D eigenvalue weighted by atomic mass is 79.9. The summed E-state index contributed by atoms with van der Waals surface area (Å²) in [6.07, 6.45) is 0. The van der Waals surface area contributed by atoms with Gasteiger partial charge in [0.15, 0.2) is 11.7 Å². The summed E-state index contributed by atoms with van der Waals surface area (Å²) in [6, 6.07) is 13.2. The van der Waals surface area contributed by atoms with E-state index in [9.17, 15) is 4.79 Å². The van der Waals surface area contributed by atoms with Crippen molar-refractivity contribution in [1.29, 1.82) is 0 Å². The Bertz CT molecular complexity index is 959. The van der Waals surface area contributed by atoms with Gasteiger partial charge in [0, 0.05) is 20.4 Å². The van der Waals surface area contributed by atoms with Crippen molar-refractivity contribution in [3.8, 4) is 17.0 Å². The molecule has 0 spiro atoms. The number of carbonyl (C=O) groups is 1. The Morgan fingerprint density at radius 2 is 2.07 bits per heavy atom. The van der Waals surface area contributed by atoms with E-state index in [0.717, 1.165) is 21.3 Å². The number of amides is 1. The summed E-state index contributed by atoms with van der Waals surface area (Å²) in [5.41, 5.74) is 2.62. The maximum Gasteiger partial charge on any atom is 0.264 e. The van der Waals surface area contributed by atoms with Gasteiger partial charge < -0.3 is 4.74 Å². The van der Waals surface area contributed by atoms with Crippen LogP contribution < -0.4 is 10.1 Å². The third kappa shape index (κ3) is 5.09. The van der Waals surface area contributed by atoms with Gasteiger partial charge >= 0.3 is 0 Å². The van der Waals surface area contributed by atoms with Gasteiger partial charge in [-0.15, -0.1) is 11.3 Å². The molecule has 0 radical (unpaired) electrons. The lowest BCUT2D eigenvalue weighted by Gasteiger charge is -2.14. The second kappa shape index (κ2) is 8.87. The zero-order valence-electron chi connectivity index (χ0n) is 14.8. The number of hydrogen-bond acceptors (Lipinski definition) is 4. The Kier molecular flexibility index (Phi) is 6.52. The smallest absolute Gasteiger partial charge is 0.264 e. The molecular formula is C20H18BrClN2O2S. The molecule has 0 fully saturated rings. The van der Waals surface area contributed by atoms with Crippen LogP contribution in [0.3, 0.4) is 0 Å². The van der Waals surface area contributed by atoms with Crippen molar-refractivity contribution >= 4 is 49.9 Å². The third-order valence-electron chi connectivity index (χ3n) is 3.85. The van der Waals surface area contributed by atoms with E-state index in [1.165, 1.54) is 11.3 Å². The molecule has 0 aliphatic carbocycles. The monoisotopic (exact) mass is 464 g/mol. The average Bonchev–Trinajstić information content (AvgIpc) is 3.09. The molecule has 0 unspecified atom stereocenters. The van der Waals surface area contributed by atoms with Crippen molar-refractivity contribution in [3.63, 3.8) is 0 Å². The Hall–Kier alpha value is -1.89. The molecule has 0 aliphatic rings. The molecule has 27 heavy (non-hydrogen) atoms. The van der Waals surface area contributed by atoms with Crippen LogP contribution in [0.25, 0.3) is 11.3 Å². The van der Waals surface area contributed by atoms with E-state index in [1.54, 1.807) is 0 Å². The predicted molar refractivity (Wildman–Crippen MR) is 115 cm³/mol. The number of anilines is 1. The van der Waals surface area contributed by atoms with Crippen molar-refractivity contribution in [2.24, 2.45) is 0 Å². The highest BCUT2D eigenvalue weighted by Crippen LogP contribution is 2.31. The number of nitrogens with zero attached hydrogens (tertiary/aromatic N) is 1. The van der Waals surface area contributed by atoms with Crippen molar-refractivity contribution in [1.82, 2.24) is 4.98 Å². The first kappa shape index (κ1) is 19.9. The van der Waals surface area contributed by atoms with Gasteiger partial charge in [-0.1, -0.05) is 59.6 Å². The van der Waals surface area contributed by atoms with Crippen LogP contribution in [0.15, 0.2) is 52.3 Å². The lowest BCUT2D eigenvalue weighted by Crippen LogP contribution is -2.20. The first-order chi connectivity index (χ1) is 12.9. The SMILES string of the molecule is CC(C)c1cc(Br)ccc1OCC(=O)Nc1nc(-c2ccccc2Cl)cs1. The number of ether oxygens (including phenoxy) is 1. The minimum Gasteiger partial charge on any atom is -0.483 e. The summed E-state index contributed by atoms with van der Waals surface area (Å²) in [5.74, 6) is 0.740. The van der Waals surface area contributed by atoms with Gasteiger partial charge in [0.1, 0.15) is 5.75 Å². The summed E-state index contributed by atoms with van der Waals surface area (Å²) in [7, 11) is 0. The molecule has 4 nitrogen and oxygen atoms in total. The van der Waals surface area contributed by atoms with Crippen LogP contribution in [0.1, 0.15) is 25.3 Å². The summed E-state index contributed by atoms with van der Waals surface area (Å²) in [5, 5.41) is 5.78. The van der Waals surface area contributed by atoms with Crippen LogP contribution in [0.4, 0.5) is 5.13 Å². The molecule has 3 aromatic rings. The van der Waals surface area contributed by atoms with Crippen LogP contribution in [-0.2, 0) is 4.79 Å². The van der Waals surface area contributed by atoms with Crippen molar-refractivity contribution in [3.05, 3.63) is 62.9 Å². The van der Waals surface area contributed by atoms with E-state index in [0.29, 0.717) is 15.9 Å². The van der Waals surface area contributed by atoms with Gasteiger partial charge in [-0.05, 0) is 35.7 Å². The normalized spacial score (nSPS) is 10.9.